The van der Waals surface area contributed by atoms with Gasteiger partial charge >= 0.3 is 0 Å². The van der Waals surface area contributed by atoms with Gasteiger partial charge in [0.25, 0.3) is 0 Å². The average molecular weight is 222 g/mol. The summed E-state index contributed by atoms with van der Waals surface area (Å²) in [5.41, 5.74) is 5.09. The second-order valence-corrected chi connectivity index (χ2v) is 4.61. The van der Waals surface area contributed by atoms with E-state index < -0.39 is 0 Å². The minimum atomic E-state index is 0.572. The van der Waals surface area contributed by atoms with Gasteiger partial charge in [-0.25, -0.2) is 0 Å². The van der Waals surface area contributed by atoms with Gasteiger partial charge in [-0.2, -0.15) is 0 Å². The first-order valence-electron chi connectivity index (χ1n) is 6.03. The Morgan fingerprint density at radius 3 is 2.24 bits per heavy atom. The summed E-state index contributed by atoms with van der Waals surface area (Å²) in [4.78, 5) is 0. The molecule has 0 saturated carbocycles. The molecule has 0 bridgehead atoms. The van der Waals surface area contributed by atoms with E-state index in [0.29, 0.717) is 5.92 Å². The van der Waals surface area contributed by atoms with Crippen molar-refractivity contribution in [1.82, 2.24) is 0 Å². The standard InChI is InChI=1S/C17H18/c1-4-14-8-10-15(11-9-14)17-7-5-6-16(12-17)13(2)3/h4-13H,1H2,2-3H3. The minimum absolute atomic E-state index is 0.572. The highest BCUT2D eigenvalue weighted by Crippen LogP contribution is 2.24. The Labute approximate surface area is 104 Å². The van der Waals surface area contributed by atoms with Gasteiger partial charge < -0.3 is 0 Å². The normalized spacial score (nSPS) is 10.5. The zero-order valence-corrected chi connectivity index (χ0v) is 10.5. The van der Waals surface area contributed by atoms with Crippen molar-refractivity contribution >= 4 is 6.08 Å². The Bertz CT molecular complexity index is 504. The summed E-state index contributed by atoms with van der Waals surface area (Å²) >= 11 is 0. The summed E-state index contributed by atoms with van der Waals surface area (Å²) in [7, 11) is 0. The van der Waals surface area contributed by atoms with E-state index in [1.54, 1.807) is 0 Å². The highest BCUT2D eigenvalue weighted by molar-refractivity contribution is 5.66. The third-order valence-corrected chi connectivity index (χ3v) is 3.03. The fourth-order valence-electron chi connectivity index (χ4n) is 1.89. The maximum absolute atomic E-state index is 3.77. The van der Waals surface area contributed by atoms with Crippen molar-refractivity contribution in [1.29, 1.82) is 0 Å². The van der Waals surface area contributed by atoms with Crippen molar-refractivity contribution in [3.05, 3.63) is 66.2 Å². The lowest BCUT2D eigenvalue weighted by Gasteiger charge is -2.08. The van der Waals surface area contributed by atoms with Gasteiger partial charge in [-0.05, 0) is 28.2 Å². The second kappa shape index (κ2) is 5.01. The molecule has 0 heterocycles. The fraction of sp³-hybridized carbons (Fsp3) is 0.176. The zero-order valence-electron chi connectivity index (χ0n) is 10.5. The molecule has 86 valence electrons. The van der Waals surface area contributed by atoms with Crippen LogP contribution in [-0.2, 0) is 0 Å². The molecule has 0 aliphatic heterocycles. The van der Waals surface area contributed by atoms with Gasteiger partial charge in [-0.15, -0.1) is 0 Å². The maximum Gasteiger partial charge on any atom is -0.0181 e. The highest BCUT2D eigenvalue weighted by Gasteiger charge is 2.02. The SMILES string of the molecule is C=Cc1ccc(-c2cccc(C(C)C)c2)cc1. The first-order valence-corrected chi connectivity index (χ1v) is 6.03. The van der Waals surface area contributed by atoms with Crippen LogP contribution in [-0.4, -0.2) is 0 Å². The van der Waals surface area contributed by atoms with Crippen LogP contribution in [0.5, 0.6) is 0 Å². The van der Waals surface area contributed by atoms with Crippen LogP contribution in [0.2, 0.25) is 0 Å². The van der Waals surface area contributed by atoms with Crippen LogP contribution in [0.4, 0.5) is 0 Å². The molecule has 0 nitrogen and oxygen atoms in total. The number of hydrogen-bond acceptors (Lipinski definition) is 0. The fourth-order valence-corrected chi connectivity index (χ4v) is 1.89. The van der Waals surface area contributed by atoms with Crippen molar-refractivity contribution in [2.45, 2.75) is 19.8 Å². The lowest BCUT2D eigenvalue weighted by molar-refractivity contribution is 0.867. The lowest BCUT2D eigenvalue weighted by Crippen LogP contribution is -1.87. The summed E-state index contributed by atoms with van der Waals surface area (Å²) < 4.78 is 0. The van der Waals surface area contributed by atoms with Crippen LogP contribution >= 0.6 is 0 Å². The molecular weight excluding hydrogens is 204 g/mol. The van der Waals surface area contributed by atoms with E-state index in [0.717, 1.165) is 5.56 Å². The van der Waals surface area contributed by atoms with Gasteiger partial charge in [0.05, 0.1) is 0 Å². The topological polar surface area (TPSA) is 0 Å². The highest BCUT2D eigenvalue weighted by atomic mass is 14.1. The molecule has 2 rings (SSSR count). The van der Waals surface area contributed by atoms with Crippen molar-refractivity contribution in [3.8, 4) is 11.1 Å². The molecule has 2 aromatic rings. The third kappa shape index (κ3) is 2.65. The molecule has 0 fully saturated rings. The van der Waals surface area contributed by atoms with Crippen molar-refractivity contribution in [2.24, 2.45) is 0 Å². The monoisotopic (exact) mass is 222 g/mol. The third-order valence-electron chi connectivity index (χ3n) is 3.03. The molecule has 0 unspecified atom stereocenters. The molecule has 0 saturated heterocycles. The van der Waals surface area contributed by atoms with Gasteiger partial charge in [-0.3, -0.25) is 0 Å². The van der Waals surface area contributed by atoms with Gasteiger partial charge in [-0.1, -0.05) is 75.0 Å². The van der Waals surface area contributed by atoms with Crippen LogP contribution in [0.25, 0.3) is 17.2 Å². The Kier molecular flexibility index (Phi) is 3.43. The van der Waals surface area contributed by atoms with Gasteiger partial charge in [0.15, 0.2) is 0 Å². The molecule has 0 aliphatic carbocycles. The van der Waals surface area contributed by atoms with Gasteiger partial charge in [0.2, 0.25) is 0 Å². The molecule has 0 heteroatoms. The predicted octanol–water partition coefficient (Wildman–Crippen LogP) is 5.12. The van der Waals surface area contributed by atoms with Gasteiger partial charge in [0.1, 0.15) is 0 Å². The van der Waals surface area contributed by atoms with E-state index in [2.05, 4.69) is 69.0 Å². The van der Waals surface area contributed by atoms with Crippen molar-refractivity contribution in [3.63, 3.8) is 0 Å². The largest absolute Gasteiger partial charge is 0.0985 e. The zero-order chi connectivity index (χ0) is 12.3. The first kappa shape index (κ1) is 11.7. The van der Waals surface area contributed by atoms with Crippen LogP contribution in [0.3, 0.4) is 0 Å². The smallest absolute Gasteiger partial charge is 0.0181 e. The molecule has 0 spiro atoms. The maximum atomic E-state index is 3.77. The van der Waals surface area contributed by atoms with E-state index in [9.17, 15) is 0 Å². The number of rotatable bonds is 3. The molecule has 17 heavy (non-hydrogen) atoms. The summed E-state index contributed by atoms with van der Waals surface area (Å²) in [5, 5.41) is 0. The van der Waals surface area contributed by atoms with E-state index in [4.69, 9.17) is 0 Å². The Hall–Kier alpha value is -1.82. The Morgan fingerprint density at radius 1 is 0.941 bits per heavy atom. The van der Waals surface area contributed by atoms with Crippen LogP contribution in [0.15, 0.2) is 55.1 Å². The molecule has 0 N–H and O–H groups in total. The molecule has 0 radical (unpaired) electrons. The summed E-state index contributed by atoms with van der Waals surface area (Å²) in [6.07, 6.45) is 1.87. The predicted molar refractivity (Wildman–Crippen MR) is 76.1 cm³/mol. The number of benzene rings is 2. The summed E-state index contributed by atoms with van der Waals surface area (Å²) in [6, 6.07) is 17.3. The van der Waals surface area contributed by atoms with E-state index in [1.807, 2.05) is 6.08 Å². The second-order valence-electron chi connectivity index (χ2n) is 4.61. The molecule has 2 aromatic carbocycles. The van der Waals surface area contributed by atoms with Gasteiger partial charge in [0, 0.05) is 0 Å². The van der Waals surface area contributed by atoms with E-state index >= 15 is 0 Å². The minimum Gasteiger partial charge on any atom is -0.0985 e. The van der Waals surface area contributed by atoms with Crippen LogP contribution < -0.4 is 0 Å². The summed E-state index contributed by atoms with van der Waals surface area (Å²) in [6.45, 7) is 8.21. The Balaban J connectivity index is 2.38. The molecule has 0 amide bonds. The Morgan fingerprint density at radius 2 is 1.65 bits per heavy atom. The molecule has 0 aromatic heterocycles. The molecule has 0 aliphatic rings. The molecule has 0 atom stereocenters. The van der Waals surface area contributed by atoms with Crippen LogP contribution in [0.1, 0.15) is 30.9 Å². The van der Waals surface area contributed by atoms with E-state index in [-0.39, 0.29) is 0 Å². The average Bonchev–Trinajstić information content (AvgIpc) is 2.39. The van der Waals surface area contributed by atoms with Crippen molar-refractivity contribution < 1.29 is 0 Å². The summed E-state index contributed by atoms with van der Waals surface area (Å²) in [5.74, 6) is 0.572. The lowest BCUT2D eigenvalue weighted by atomic mass is 9.97. The van der Waals surface area contributed by atoms with Crippen molar-refractivity contribution in [2.75, 3.05) is 0 Å². The first-order chi connectivity index (χ1) is 8.20. The van der Waals surface area contributed by atoms with E-state index in [1.165, 1.54) is 16.7 Å². The van der Waals surface area contributed by atoms with Crippen LogP contribution in [0, 0.1) is 0 Å². The quantitative estimate of drug-likeness (QED) is 0.676. The number of hydrogen-bond donors (Lipinski definition) is 0. The molecular formula is C17H18.